The smallest absolute Gasteiger partial charge is 0.303 e. The number of anilines is 1. The lowest BCUT2D eigenvalue weighted by molar-refractivity contribution is -0.142. The van der Waals surface area contributed by atoms with Crippen molar-refractivity contribution in [1.82, 2.24) is 4.90 Å². The maximum Gasteiger partial charge on any atom is 0.303 e. The van der Waals surface area contributed by atoms with E-state index in [0.717, 1.165) is 4.90 Å². The number of alkyl halides is 2. The SMILES string of the molecule is Cc1cccc(C2C3=CCC4C(=O)N(CCCC(=O)O)C(=O)C4C3CC3(Cl)C(=O)N(c4c(F)c(F)c(F)c(F)c4F)C(=O)C23Cl)c1O. The van der Waals surface area contributed by atoms with E-state index < -0.39 is 110 Å². The molecule has 2 aromatic rings. The number of phenolic OH excluding ortho intramolecular Hbond substituents is 1. The molecule has 2 N–H and O–H groups in total. The van der Waals surface area contributed by atoms with Crippen LogP contribution in [-0.4, -0.2) is 61.0 Å². The molecule has 2 saturated heterocycles. The van der Waals surface area contributed by atoms with E-state index in [-0.39, 0.29) is 47.4 Å². The van der Waals surface area contributed by atoms with E-state index in [9.17, 15) is 42.3 Å². The minimum atomic E-state index is -2.75. The highest BCUT2D eigenvalue weighted by Crippen LogP contribution is 2.66. The first-order valence-electron chi connectivity index (χ1n) is 14.3. The number of amides is 4. The summed E-state index contributed by atoms with van der Waals surface area (Å²) in [7, 11) is 0. The molecular weight excluding hydrogens is 678 g/mol. The van der Waals surface area contributed by atoms with E-state index in [1.54, 1.807) is 0 Å². The zero-order valence-corrected chi connectivity index (χ0v) is 25.6. The molecule has 6 rings (SSSR count). The van der Waals surface area contributed by atoms with Gasteiger partial charge in [-0.05, 0) is 37.7 Å². The normalized spacial score (nSPS) is 30.0. The first-order valence-corrected chi connectivity index (χ1v) is 15.1. The van der Waals surface area contributed by atoms with Gasteiger partial charge >= 0.3 is 5.97 Å². The second-order valence-electron chi connectivity index (χ2n) is 12.0. The van der Waals surface area contributed by atoms with Crippen molar-refractivity contribution in [3.05, 3.63) is 70.1 Å². The molecule has 4 aliphatic rings. The number of aromatic hydroxyl groups is 1. The number of benzene rings is 2. The van der Waals surface area contributed by atoms with E-state index in [4.69, 9.17) is 28.3 Å². The zero-order chi connectivity index (χ0) is 34.5. The quantitative estimate of drug-likeness (QED) is 0.110. The van der Waals surface area contributed by atoms with Crippen LogP contribution in [0.2, 0.25) is 0 Å². The number of aliphatic carboxylic acids is 1. The number of imide groups is 2. The number of carboxylic acids is 1. The first-order chi connectivity index (χ1) is 22.0. The third-order valence-corrected chi connectivity index (χ3v) is 11.1. The van der Waals surface area contributed by atoms with Crippen molar-refractivity contribution in [2.24, 2.45) is 17.8 Å². The van der Waals surface area contributed by atoms with Crippen molar-refractivity contribution in [3.8, 4) is 5.75 Å². The molecule has 6 unspecified atom stereocenters. The van der Waals surface area contributed by atoms with Crippen molar-refractivity contribution >= 4 is 58.5 Å². The van der Waals surface area contributed by atoms with Gasteiger partial charge < -0.3 is 10.2 Å². The van der Waals surface area contributed by atoms with Gasteiger partial charge in [0.2, 0.25) is 17.6 Å². The van der Waals surface area contributed by atoms with E-state index in [1.165, 1.54) is 31.2 Å². The minimum absolute atomic E-state index is 0.0505. The van der Waals surface area contributed by atoms with Gasteiger partial charge in [-0.3, -0.25) is 28.9 Å². The average molecular weight is 701 g/mol. The Balaban J connectivity index is 1.55. The Morgan fingerprint density at radius 3 is 2.17 bits per heavy atom. The van der Waals surface area contributed by atoms with Crippen LogP contribution >= 0.6 is 23.2 Å². The van der Waals surface area contributed by atoms with Crippen molar-refractivity contribution in [1.29, 1.82) is 0 Å². The predicted molar refractivity (Wildman–Crippen MR) is 153 cm³/mol. The zero-order valence-electron chi connectivity index (χ0n) is 24.1. The summed E-state index contributed by atoms with van der Waals surface area (Å²) in [5.74, 6) is -23.5. The van der Waals surface area contributed by atoms with Gasteiger partial charge in [0.25, 0.3) is 11.8 Å². The van der Waals surface area contributed by atoms with Crippen LogP contribution in [0.4, 0.5) is 27.6 Å². The topological polar surface area (TPSA) is 132 Å². The molecule has 47 heavy (non-hydrogen) atoms. The Hall–Kier alpha value is -4.04. The second kappa shape index (κ2) is 11.0. The molecule has 4 amide bonds. The number of carbonyl (C=O) groups is 5. The maximum absolute atomic E-state index is 15.1. The molecule has 248 valence electrons. The summed E-state index contributed by atoms with van der Waals surface area (Å²) < 4.78 is 72.8. The van der Waals surface area contributed by atoms with Gasteiger partial charge in [-0.1, -0.05) is 29.8 Å². The number of hydrogen-bond acceptors (Lipinski definition) is 6. The molecule has 6 atom stereocenters. The maximum atomic E-state index is 15.1. The van der Waals surface area contributed by atoms with Gasteiger partial charge in [0, 0.05) is 24.4 Å². The number of para-hydroxylation sites is 1. The van der Waals surface area contributed by atoms with Crippen molar-refractivity contribution in [3.63, 3.8) is 0 Å². The van der Waals surface area contributed by atoms with Crippen LogP contribution in [0.1, 0.15) is 42.7 Å². The Kier molecular flexibility index (Phi) is 7.70. The fourth-order valence-corrected chi connectivity index (χ4v) is 8.43. The summed E-state index contributed by atoms with van der Waals surface area (Å²) in [5.41, 5.74) is -1.53. The highest BCUT2D eigenvalue weighted by atomic mass is 35.5. The molecule has 1 saturated carbocycles. The van der Waals surface area contributed by atoms with E-state index in [2.05, 4.69) is 0 Å². The number of phenols is 1. The molecule has 0 spiro atoms. The van der Waals surface area contributed by atoms with Crippen LogP contribution in [0.25, 0.3) is 0 Å². The summed E-state index contributed by atoms with van der Waals surface area (Å²) >= 11 is 14.0. The molecule has 2 heterocycles. The monoisotopic (exact) mass is 700 g/mol. The summed E-state index contributed by atoms with van der Waals surface area (Å²) in [5, 5.41) is 20.2. The van der Waals surface area contributed by atoms with E-state index >= 15 is 8.78 Å². The van der Waals surface area contributed by atoms with Gasteiger partial charge in [-0.25, -0.2) is 26.9 Å². The molecular formula is C31H23Cl2F5N2O7. The highest BCUT2D eigenvalue weighted by Gasteiger charge is 2.77. The van der Waals surface area contributed by atoms with Gasteiger partial charge in [-0.2, -0.15) is 0 Å². The number of fused-ring (bicyclic) bond motifs is 4. The molecule has 9 nitrogen and oxygen atoms in total. The fourth-order valence-electron chi connectivity index (χ4n) is 7.50. The van der Waals surface area contributed by atoms with Crippen LogP contribution in [0.3, 0.4) is 0 Å². The third kappa shape index (κ3) is 4.29. The minimum Gasteiger partial charge on any atom is -0.507 e. The number of carbonyl (C=O) groups excluding carboxylic acids is 4. The molecule has 0 aromatic heterocycles. The van der Waals surface area contributed by atoms with Gasteiger partial charge in [0.15, 0.2) is 33.0 Å². The lowest BCUT2D eigenvalue weighted by Gasteiger charge is -2.50. The number of halogens is 7. The first kappa shape index (κ1) is 32.9. The Bertz CT molecular complexity index is 1830. The lowest BCUT2D eigenvalue weighted by atomic mass is 9.56. The Labute approximate surface area is 272 Å². The van der Waals surface area contributed by atoms with Crippen molar-refractivity contribution in [2.45, 2.75) is 48.3 Å². The van der Waals surface area contributed by atoms with Gasteiger partial charge in [-0.15, -0.1) is 23.2 Å². The largest absolute Gasteiger partial charge is 0.507 e. The molecule has 2 aliphatic carbocycles. The predicted octanol–water partition coefficient (Wildman–Crippen LogP) is 4.82. The second-order valence-corrected chi connectivity index (χ2v) is 13.3. The standard InChI is InChI=1S/C31H23Cl2F5N2O7/c1-11-4-2-5-14(25(11)43)18-12-7-8-13-17(27(45)39(26(13)44)9-3-6-16(41)42)15(12)10-30(32)28(46)40(29(47)31(18,30)33)24-22(37)20(35)19(34)21(36)23(24)38/h2,4-5,7,13,15,17-18,43H,3,6,8-10H2,1H3,(H,41,42). The molecule has 16 heteroatoms. The summed E-state index contributed by atoms with van der Waals surface area (Å²) in [4.78, 5) is 61.7. The van der Waals surface area contributed by atoms with Crippen LogP contribution in [0, 0.1) is 53.8 Å². The van der Waals surface area contributed by atoms with Crippen LogP contribution in [0.5, 0.6) is 5.75 Å². The van der Waals surface area contributed by atoms with Crippen LogP contribution in [-0.2, 0) is 24.0 Å². The molecule has 0 radical (unpaired) electrons. The Morgan fingerprint density at radius 2 is 1.55 bits per heavy atom. The third-order valence-electron chi connectivity index (χ3n) is 9.67. The molecule has 3 fully saturated rings. The van der Waals surface area contributed by atoms with Crippen LogP contribution in [0.15, 0.2) is 29.8 Å². The van der Waals surface area contributed by atoms with Crippen molar-refractivity contribution in [2.75, 3.05) is 11.4 Å². The van der Waals surface area contributed by atoms with Crippen molar-refractivity contribution < 1.29 is 56.1 Å². The van der Waals surface area contributed by atoms with E-state index in [0.29, 0.717) is 0 Å². The van der Waals surface area contributed by atoms with Gasteiger partial charge in [0.1, 0.15) is 11.4 Å². The number of hydrogen-bond donors (Lipinski definition) is 2. The average Bonchev–Trinajstić information content (AvgIpc) is 3.35. The van der Waals surface area contributed by atoms with Gasteiger partial charge in [0.05, 0.1) is 11.8 Å². The Morgan fingerprint density at radius 1 is 0.936 bits per heavy atom. The lowest BCUT2D eigenvalue weighted by Crippen LogP contribution is -2.60. The number of aryl methyl sites for hydroxylation is 1. The fraction of sp³-hybridized carbons (Fsp3) is 0.387. The number of carboxylic acid groups (broad SMARTS) is 1. The van der Waals surface area contributed by atoms with E-state index in [1.807, 2.05) is 0 Å². The summed E-state index contributed by atoms with van der Waals surface area (Å²) in [6, 6.07) is 4.30. The van der Waals surface area contributed by atoms with Crippen LogP contribution < -0.4 is 4.90 Å². The summed E-state index contributed by atoms with van der Waals surface area (Å²) in [6.07, 6.45) is 0.352. The number of allylic oxidation sites excluding steroid dienone is 2. The molecule has 2 aliphatic heterocycles. The molecule has 0 bridgehead atoms. The molecule has 2 aromatic carbocycles. The number of nitrogens with zero attached hydrogens (tertiary/aromatic N) is 2. The number of rotatable bonds is 6. The highest BCUT2D eigenvalue weighted by molar-refractivity contribution is 6.58. The summed E-state index contributed by atoms with van der Waals surface area (Å²) in [6.45, 7) is 1.27. The number of likely N-dealkylation sites (tertiary alicyclic amines) is 1.